The zero-order chi connectivity index (χ0) is 22.7. The van der Waals surface area contributed by atoms with Gasteiger partial charge in [-0.1, -0.05) is 0 Å². The molecule has 5 unspecified atom stereocenters. The van der Waals surface area contributed by atoms with Gasteiger partial charge in [-0.25, -0.2) is 4.79 Å². The van der Waals surface area contributed by atoms with Crippen LogP contribution in [0, 0.1) is 0 Å². The Morgan fingerprint density at radius 1 is 0.966 bits per heavy atom. The van der Waals surface area contributed by atoms with E-state index in [0.717, 1.165) is 0 Å². The van der Waals surface area contributed by atoms with Gasteiger partial charge in [0.05, 0.1) is 18.6 Å². The van der Waals surface area contributed by atoms with Gasteiger partial charge in [-0.05, 0) is 32.3 Å². The van der Waals surface area contributed by atoms with Crippen LogP contribution in [0.1, 0.15) is 26.7 Å². The van der Waals surface area contributed by atoms with Gasteiger partial charge in [0.15, 0.2) is 6.04 Å². The van der Waals surface area contributed by atoms with E-state index in [0.29, 0.717) is 5.75 Å². The Bertz CT molecular complexity index is 614. The van der Waals surface area contributed by atoms with Gasteiger partial charge in [0.2, 0.25) is 23.6 Å². The van der Waals surface area contributed by atoms with Gasteiger partial charge in [0.1, 0.15) is 12.1 Å². The maximum Gasteiger partial charge on any atom is 0.328 e. The normalized spacial score (nSPS) is 15.9. The van der Waals surface area contributed by atoms with Crippen molar-refractivity contribution in [2.24, 2.45) is 11.5 Å². The van der Waals surface area contributed by atoms with Crippen LogP contribution in [0.3, 0.4) is 0 Å². The van der Waals surface area contributed by atoms with Crippen molar-refractivity contribution in [2.45, 2.75) is 57.0 Å². The van der Waals surface area contributed by atoms with E-state index in [-0.39, 0.29) is 6.42 Å². The summed E-state index contributed by atoms with van der Waals surface area (Å²) < 4.78 is 0. The summed E-state index contributed by atoms with van der Waals surface area (Å²) in [7, 11) is 0. The topological polar surface area (TPSA) is 214 Å². The zero-order valence-electron chi connectivity index (χ0n) is 16.5. The van der Waals surface area contributed by atoms with Crippen molar-refractivity contribution >= 4 is 41.4 Å². The van der Waals surface area contributed by atoms with Crippen molar-refractivity contribution in [3.05, 3.63) is 0 Å². The van der Waals surface area contributed by atoms with Crippen LogP contribution < -0.4 is 27.4 Å². The highest BCUT2D eigenvalue weighted by atomic mass is 32.2. The number of aliphatic carboxylic acids is 1. The standard InChI is InChI=1S/C16H29N5O7S/c1-7(17)13(24)20-10(6-11(18)23)15(26)19-9(4-5-29-3)14(25)21-12(8(2)22)16(27)28/h7-10,12,22H,4-6,17H2,1-3H3,(H2,18,23)(H,19,26)(H,20,24)(H,21,25)(H,27,28). The van der Waals surface area contributed by atoms with E-state index in [4.69, 9.17) is 16.6 Å². The molecule has 0 fully saturated rings. The predicted molar refractivity (Wildman–Crippen MR) is 106 cm³/mol. The molecule has 12 nitrogen and oxygen atoms in total. The summed E-state index contributed by atoms with van der Waals surface area (Å²) in [5, 5.41) is 25.4. The fourth-order valence-electron chi connectivity index (χ4n) is 2.13. The number of thioether (sulfide) groups is 1. The van der Waals surface area contributed by atoms with Gasteiger partial charge < -0.3 is 37.6 Å². The number of carboxylic acid groups (broad SMARTS) is 1. The molecule has 0 aliphatic carbocycles. The number of carbonyl (C=O) groups is 5. The van der Waals surface area contributed by atoms with Crippen LogP contribution in [0.15, 0.2) is 0 Å². The Labute approximate surface area is 172 Å². The minimum atomic E-state index is -1.57. The third-order valence-corrected chi connectivity index (χ3v) is 4.39. The number of aliphatic hydroxyl groups excluding tert-OH is 1. The molecular formula is C16H29N5O7S. The van der Waals surface area contributed by atoms with Crippen molar-refractivity contribution in [1.82, 2.24) is 16.0 Å². The summed E-state index contributed by atoms with van der Waals surface area (Å²) in [5.41, 5.74) is 10.5. The highest BCUT2D eigenvalue weighted by Crippen LogP contribution is 2.05. The largest absolute Gasteiger partial charge is 0.480 e. The number of hydrogen-bond donors (Lipinski definition) is 7. The first kappa shape index (κ1) is 26.6. The molecule has 0 bridgehead atoms. The van der Waals surface area contributed by atoms with Crippen molar-refractivity contribution in [3.8, 4) is 0 Å². The van der Waals surface area contributed by atoms with Crippen molar-refractivity contribution < 1.29 is 34.2 Å². The summed E-state index contributed by atoms with van der Waals surface area (Å²) in [6.45, 7) is 2.58. The molecule has 4 amide bonds. The number of rotatable bonds is 13. The first-order valence-corrected chi connectivity index (χ1v) is 10.1. The molecular weight excluding hydrogens is 406 g/mol. The summed E-state index contributed by atoms with van der Waals surface area (Å²) in [5.74, 6) is -4.26. The molecule has 13 heteroatoms. The third-order valence-electron chi connectivity index (χ3n) is 3.74. The highest BCUT2D eigenvalue weighted by Gasteiger charge is 2.31. The Kier molecular flexibility index (Phi) is 11.9. The van der Waals surface area contributed by atoms with E-state index in [1.54, 1.807) is 6.26 Å². The Balaban J connectivity index is 5.39. The monoisotopic (exact) mass is 435 g/mol. The lowest BCUT2D eigenvalue weighted by atomic mass is 10.1. The third kappa shape index (κ3) is 10.1. The van der Waals surface area contributed by atoms with Crippen LogP contribution in [0.25, 0.3) is 0 Å². The van der Waals surface area contributed by atoms with Gasteiger partial charge in [-0.2, -0.15) is 11.8 Å². The summed E-state index contributed by atoms with van der Waals surface area (Å²) in [6.07, 6.45) is 0.00853. The van der Waals surface area contributed by atoms with Gasteiger partial charge in [0, 0.05) is 0 Å². The summed E-state index contributed by atoms with van der Waals surface area (Å²) in [6, 6.07) is -5.05. The van der Waals surface area contributed by atoms with E-state index < -0.39 is 66.3 Å². The van der Waals surface area contributed by atoms with Crippen LogP contribution in [0.5, 0.6) is 0 Å². The first-order valence-electron chi connectivity index (χ1n) is 8.75. The molecule has 0 saturated heterocycles. The molecule has 0 radical (unpaired) electrons. The number of amides is 4. The lowest BCUT2D eigenvalue weighted by Crippen LogP contribution is -2.58. The van der Waals surface area contributed by atoms with Crippen molar-refractivity contribution in [1.29, 1.82) is 0 Å². The molecule has 0 spiro atoms. The molecule has 0 heterocycles. The van der Waals surface area contributed by atoms with Crippen molar-refractivity contribution in [3.63, 3.8) is 0 Å². The molecule has 0 saturated carbocycles. The quantitative estimate of drug-likeness (QED) is 0.155. The Morgan fingerprint density at radius 3 is 1.90 bits per heavy atom. The van der Waals surface area contributed by atoms with Crippen LogP contribution >= 0.6 is 11.8 Å². The summed E-state index contributed by atoms with van der Waals surface area (Å²) >= 11 is 1.38. The Morgan fingerprint density at radius 2 is 1.48 bits per heavy atom. The van der Waals surface area contributed by atoms with Crippen LogP contribution in [0.4, 0.5) is 0 Å². The predicted octanol–water partition coefficient (Wildman–Crippen LogP) is -3.12. The number of nitrogens with two attached hydrogens (primary N) is 2. The van der Waals surface area contributed by atoms with E-state index in [1.165, 1.54) is 25.6 Å². The smallest absolute Gasteiger partial charge is 0.328 e. The number of carbonyl (C=O) groups excluding carboxylic acids is 4. The number of carboxylic acids is 1. The minimum Gasteiger partial charge on any atom is -0.480 e. The van der Waals surface area contributed by atoms with Crippen LogP contribution in [0.2, 0.25) is 0 Å². The molecule has 5 atom stereocenters. The van der Waals surface area contributed by atoms with E-state index in [9.17, 15) is 29.1 Å². The molecule has 0 aromatic rings. The molecule has 0 aromatic heterocycles. The lowest BCUT2D eigenvalue weighted by Gasteiger charge is -2.25. The van der Waals surface area contributed by atoms with Gasteiger partial charge in [0.25, 0.3) is 0 Å². The van der Waals surface area contributed by atoms with E-state index >= 15 is 0 Å². The number of primary amides is 1. The Hall–Kier alpha value is -2.38. The second-order valence-corrected chi connectivity index (χ2v) is 7.41. The van der Waals surface area contributed by atoms with Crippen molar-refractivity contribution in [2.75, 3.05) is 12.0 Å². The molecule has 0 aliphatic heterocycles. The summed E-state index contributed by atoms with van der Waals surface area (Å²) in [4.78, 5) is 59.2. The second-order valence-electron chi connectivity index (χ2n) is 6.43. The average Bonchev–Trinajstić information content (AvgIpc) is 2.60. The fourth-order valence-corrected chi connectivity index (χ4v) is 2.60. The van der Waals surface area contributed by atoms with Gasteiger partial charge in [-0.15, -0.1) is 0 Å². The van der Waals surface area contributed by atoms with E-state index in [2.05, 4.69) is 16.0 Å². The lowest BCUT2D eigenvalue weighted by molar-refractivity contribution is -0.145. The SMILES string of the molecule is CSCCC(NC(=O)C(CC(N)=O)NC(=O)C(C)N)C(=O)NC(C(=O)O)C(C)O. The molecule has 0 aliphatic rings. The molecule has 166 valence electrons. The highest BCUT2D eigenvalue weighted by molar-refractivity contribution is 7.98. The fraction of sp³-hybridized carbons (Fsp3) is 0.688. The number of aliphatic hydroxyl groups is 1. The minimum absolute atomic E-state index is 0.134. The number of nitrogens with one attached hydrogen (secondary N) is 3. The maximum atomic E-state index is 12.5. The number of hydrogen-bond acceptors (Lipinski definition) is 8. The van der Waals surface area contributed by atoms with Gasteiger partial charge >= 0.3 is 5.97 Å². The second kappa shape index (κ2) is 13.0. The molecule has 9 N–H and O–H groups in total. The zero-order valence-corrected chi connectivity index (χ0v) is 17.3. The molecule has 0 aromatic carbocycles. The van der Waals surface area contributed by atoms with E-state index in [1.807, 2.05) is 0 Å². The molecule has 29 heavy (non-hydrogen) atoms. The average molecular weight is 436 g/mol. The van der Waals surface area contributed by atoms with Crippen LogP contribution in [-0.2, 0) is 24.0 Å². The first-order chi connectivity index (χ1) is 13.4. The van der Waals surface area contributed by atoms with Gasteiger partial charge in [-0.3, -0.25) is 19.2 Å². The molecule has 0 rings (SSSR count). The van der Waals surface area contributed by atoms with Crippen LogP contribution in [-0.4, -0.2) is 82.1 Å². The maximum absolute atomic E-state index is 12.5.